The third-order valence-corrected chi connectivity index (χ3v) is 5.21. The predicted octanol–water partition coefficient (Wildman–Crippen LogP) is 3.91. The van der Waals surface area contributed by atoms with Crippen molar-refractivity contribution in [3.8, 4) is 5.75 Å². The van der Waals surface area contributed by atoms with E-state index < -0.39 is 0 Å². The zero-order valence-corrected chi connectivity index (χ0v) is 17.1. The van der Waals surface area contributed by atoms with E-state index in [9.17, 15) is 4.79 Å². The Morgan fingerprint density at radius 2 is 2.04 bits per heavy atom. The van der Waals surface area contributed by atoms with E-state index in [1.807, 2.05) is 25.1 Å². The predicted molar refractivity (Wildman–Crippen MR) is 110 cm³/mol. The smallest absolute Gasteiger partial charge is 0.260 e. The molecule has 0 saturated heterocycles. The lowest BCUT2D eigenvalue weighted by molar-refractivity contribution is 0.270. The summed E-state index contributed by atoms with van der Waals surface area (Å²) in [6, 6.07) is 5.77. The second-order valence-corrected chi connectivity index (χ2v) is 8.04. The minimum Gasteiger partial charge on any atom is -0.491 e. The van der Waals surface area contributed by atoms with Crippen LogP contribution in [0.4, 0.5) is 0 Å². The molecule has 2 heterocycles. The van der Waals surface area contributed by atoms with Gasteiger partial charge in [0.1, 0.15) is 12.4 Å². The Hall–Kier alpha value is -1.92. The van der Waals surface area contributed by atoms with Crippen molar-refractivity contribution in [2.24, 2.45) is 18.7 Å². The quantitative estimate of drug-likeness (QED) is 0.638. The Morgan fingerprint density at radius 1 is 1.31 bits per heavy atom. The first kappa shape index (κ1) is 18.9. The first-order valence-corrected chi connectivity index (χ1v) is 9.54. The van der Waals surface area contributed by atoms with E-state index in [0.717, 1.165) is 32.9 Å². The van der Waals surface area contributed by atoms with Gasteiger partial charge in [0.05, 0.1) is 21.1 Å². The molecule has 0 unspecified atom stereocenters. The molecule has 0 amide bonds. The number of halogens is 1. The van der Waals surface area contributed by atoms with E-state index in [4.69, 9.17) is 10.5 Å². The number of ether oxygens (including phenoxy) is 1. The van der Waals surface area contributed by atoms with Crippen molar-refractivity contribution in [1.29, 1.82) is 0 Å². The van der Waals surface area contributed by atoms with Gasteiger partial charge in [-0.2, -0.15) is 0 Å². The third kappa shape index (κ3) is 3.48. The van der Waals surface area contributed by atoms with Crippen LogP contribution < -0.4 is 16.0 Å². The van der Waals surface area contributed by atoms with Gasteiger partial charge in [0.2, 0.25) is 0 Å². The van der Waals surface area contributed by atoms with Crippen molar-refractivity contribution in [2.75, 3.05) is 6.61 Å². The zero-order chi connectivity index (χ0) is 19.0. The SMILES string of the molecule is Cc1nccc2c1c(=O)n(C)c1cc(OC[C@H](N)CC(C)C)c(Br)cc21. The number of pyridine rings is 2. The number of rotatable bonds is 5. The molecular weight excluding hydrogens is 394 g/mol. The van der Waals surface area contributed by atoms with Gasteiger partial charge in [0.15, 0.2) is 0 Å². The van der Waals surface area contributed by atoms with Crippen LogP contribution in [0.5, 0.6) is 5.75 Å². The van der Waals surface area contributed by atoms with Crippen LogP contribution in [0.1, 0.15) is 26.0 Å². The van der Waals surface area contributed by atoms with Crippen molar-refractivity contribution >= 4 is 37.6 Å². The molecule has 0 saturated carbocycles. The number of nitrogens with zero attached hydrogens (tertiary/aromatic N) is 2. The molecule has 6 heteroatoms. The Labute approximate surface area is 161 Å². The molecular formula is C20H24BrN3O2. The lowest BCUT2D eigenvalue weighted by Crippen LogP contribution is -2.29. The zero-order valence-electron chi connectivity index (χ0n) is 15.5. The molecule has 1 atom stereocenters. The van der Waals surface area contributed by atoms with Gasteiger partial charge in [-0.15, -0.1) is 0 Å². The summed E-state index contributed by atoms with van der Waals surface area (Å²) in [6.45, 7) is 6.58. The Bertz CT molecular complexity index is 1030. The summed E-state index contributed by atoms with van der Waals surface area (Å²) in [5.41, 5.74) is 7.63. The summed E-state index contributed by atoms with van der Waals surface area (Å²) in [5, 5.41) is 2.54. The Kier molecular flexibility index (Phi) is 5.34. The average Bonchev–Trinajstić information content (AvgIpc) is 2.57. The molecule has 0 spiro atoms. The maximum absolute atomic E-state index is 12.8. The number of hydrogen-bond donors (Lipinski definition) is 1. The number of hydrogen-bond acceptors (Lipinski definition) is 4. The van der Waals surface area contributed by atoms with E-state index in [0.29, 0.717) is 23.7 Å². The summed E-state index contributed by atoms with van der Waals surface area (Å²) in [7, 11) is 1.78. The van der Waals surface area contributed by atoms with Crippen molar-refractivity contribution in [1.82, 2.24) is 9.55 Å². The van der Waals surface area contributed by atoms with Gasteiger partial charge < -0.3 is 15.0 Å². The van der Waals surface area contributed by atoms with Gasteiger partial charge in [0, 0.05) is 30.7 Å². The lowest BCUT2D eigenvalue weighted by atomic mass is 10.1. The van der Waals surface area contributed by atoms with Crippen LogP contribution in [-0.2, 0) is 7.05 Å². The summed E-state index contributed by atoms with van der Waals surface area (Å²) in [4.78, 5) is 17.1. The largest absolute Gasteiger partial charge is 0.491 e. The molecule has 0 aliphatic carbocycles. The average molecular weight is 418 g/mol. The molecule has 3 rings (SSSR count). The molecule has 2 aromatic heterocycles. The van der Waals surface area contributed by atoms with Gasteiger partial charge in [-0.25, -0.2) is 0 Å². The van der Waals surface area contributed by atoms with E-state index >= 15 is 0 Å². The standard InChI is InChI=1S/C20H24BrN3O2/c1-11(2)7-13(22)10-26-18-9-17-15(8-16(18)21)14-5-6-23-12(3)19(14)20(25)24(17)4/h5-6,8-9,11,13H,7,10,22H2,1-4H3/t13-/m1/s1. The highest BCUT2D eigenvalue weighted by Crippen LogP contribution is 2.33. The van der Waals surface area contributed by atoms with E-state index in [2.05, 4.69) is 34.8 Å². The number of aromatic nitrogens is 2. The Morgan fingerprint density at radius 3 is 2.73 bits per heavy atom. The van der Waals surface area contributed by atoms with Crippen LogP contribution >= 0.6 is 15.9 Å². The molecule has 3 aromatic rings. The first-order valence-electron chi connectivity index (χ1n) is 8.75. The van der Waals surface area contributed by atoms with Crippen molar-refractivity contribution in [3.63, 3.8) is 0 Å². The van der Waals surface area contributed by atoms with Gasteiger partial charge in [0.25, 0.3) is 5.56 Å². The molecule has 26 heavy (non-hydrogen) atoms. The molecule has 0 bridgehead atoms. The third-order valence-electron chi connectivity index (χ3n) is 4.59. The lowest BCUT2D eigenvalue weighted by Gasteiger charge is -2.17. The van der Waals surface area contributed by atoms with Crippen LogP contribution in [0.15, 0.2) is 33.7 Å². The topological polar surface area (TPSA) is 70.1 Å². The van der Waals surface area contributed by atoms with Gasteiger partial charge in [-0.3, -0.25) is 9.78 Å². The van der Waals surface area contributed by atoms with Crippen molar-refractivity contribution in [2.45, 2.75) is 33.2 Å². The van der Waals surface area contributed by atoms with Gasteiger partial charge >= 0.3 is 0 Å². The van der Waals surface area contributed by atoms with Crippen LogP contribution in [0.25, 0.3) is 21.7 Å². The van der Waals surface area contributed by atoms with Gasteiger partial charge in [-0.1, -0.05) is 13.8 Å². The minimum absolute atomic E-state index is 0.0215. The van der Waals surface area contributed by atoms with Crippen LogP contribution in [0, 0.1) is 12.8 Å². The van der Waals surface area contributed by atoms with Crippen LogP contribution in [0.2, 0.25) is 0 Å². The minimum atomic E-state index is -0.0529. The first-order chi connectivity index (χ1) is 12.3. The maximum atomic E-state index is 12.8. The highest BCUT2D eigenvalue weighted by Gasteiger charge is 2.15. The summed E-state index contributed by atoms with van der Waals surface area (Å²) in [5.74, 6) is 1.22. The molecule has 0 aliphatic heterocycles. The highest BCUT2D eigenvalue weighted by molar-refractivity contribution is 9.10. The summed E-state index contributed by atoms with van der Waals surface area (Å²) >= 11 is 3.60. The second kappa shape index (κ2) is 7.37. The maximum Gasteiger partial charge on any atom is 0.260 e. The normalized spacial score (nSPS) is 12.9. The monoisotopic (exact) mass is 417 g/mol. The van der Waals surface area contributed by atoms with Gasteiger partial charge in [-0.05, 0) is 52.7 Å². The number of aryl methyl sites for hydroxylation is 2. The van der Waals surface area contributed by atoms with E-state index in [-0.39, 0.29) is 11.6 Å². The fourth-order valence-electron chi connectivity index (χ4n) is 3.35. The molecule has 0 aliphatic rings. The van der Waals surface area contributed by atoms with E-state index in [1.54, 1.807) is 17.8 Å². The van der Waals surface area contributed by atoms with E-state index in [1.165, 1.54) is 0 Å². The second-order valence-electron chi connectivity index (χ2n) is 7.18. The fourth-order valence-corrected chi connectivity index (χ4v) is 3.81. The Balaban J connectivity index is 2.10. The number of fused-ring (bicyclic) bond motifs is 3. The molecule has 138 valence electrons. The highest BCUT2D eigenvalue weighted by atomic mass is 79.9. The number of nitrogens with two attached hydrogens (primary N) is 1. The number of benzene rings is 1. The molecule has 1 aromatic carbocycles. The summed E-state index contributed by atoms with van der Waals surface area (Å²) in [6.07, 6.45) is 2.64. The summed E-state index contributed by atoms with van der Waals surface area (Å²) < 4.78 is 8.43. The fraction of sp³-hybridized carbons (Fsp3) is 0.400. The molecule has 2 N–H and O–H groups in total. The van der Waals surface area contributed by atoms with Crippen LogP contribution in [-0.4, -0.2) is 22.2 Å². The molecule has 5 nitrogen and oxygen atoms in total. The van der Waals surface area contributed by atoms with Crippen LogP contribution in [0.3, 0.4) is 0 Å². The molecule has 0 fully saturated rings. The van der Waals surface area contributed by atoms with Crippen molar-refractivity contribution < 1.29 is 4.74 Å². The molecule has 0 radical (unpaired) electrons. The van der Waals surface area contributed by atoms with Crippen molar-refractivity contribution in [3.05, 3.63) is 44.9 Å².